The van der Waals surface area contributed by atoms with Gasteiger partial charge < -0.3 is 19.8 Å². The average Bonchev–Trinajstić information content (AvgIpc) is 3.25. The molecule has 1 aliphatic heterocycles. The highest BCUT2D eigenvalue weighted by Gasteiger charge is 2.42. The summed E-state index contributed by atoms with van der Waals surface area (Å²) in [6.45, 7) is 3.83. The Morgan fingerprint density at radius 3 is 2.59 bits per heavy atom. The van der Waals surface area contributed by atoms with Crippen molar-refractivity contribution < 1.29 is 19.7 Å². The number of ether oxygens (including phenoxy) is 1. The summed E-state index contributed by atoms with van der Waals surface area (Å²) in [6.07, 6.45) is 0. The van der Waals surface area contributed by atoms with Crippen LogP contribution in [0.1, 0.15) is 38.8 Å². The monoisotopic (exact) mass is 393 g/mol. The number of amides is 1. The van der Waals surface area contributed by atoms with Gasteiger partial charge in [-0.3, -0.25) is 9.89 Å². The van der Waals surface area contributed by atoms with E-state index in [0.29, 0.717) is 28.3 Å². The van der Waals surface area contributed by atoms with Crippen LogP contribution in [0.15, 0.2) is 36.4 Å². The fourth-order valence-electron chi connectivity index (χ4n) is 4.01. The standard InChI is InChI=1S/C22H23N3O4/c1-12-10-13(2)21(27)16(11-12)18-17-19(24-23-18)22(28)25(8-9-26)20(17)14-4-6-15(29-3)7-5-14/h4-7,10-11,20,26-27H,8-9H2,1-3H3,(H,23,24)/t20-/m0/s1. The number of aromatic nitrogens is 2. The number of benzene rings is 2. The lowest BCUT2D eigenvalue weighted by Crippen LogP contribution is -2.32. The van der Waals surface area contributed by atoms with Gasteiger partial charge in [-0.25, -0.2) is 0 Å². The SMILES string of the molecule is COc1ccc([C@H]2c3c(-c4cc(C)cc(C)c4O)n[nH]c3C(=O)N2CCO)cc1. The van der Waals surface area contributed by atoms with Crippen LogP contribution < -0.4 is 4.74 Å². The lowest BCUT2D eigenvalue weighted by molar-refractivity contribution is 0.0706. The number of aliphatic hydroxyl groups excluding tert-OH is 1. The summed E-state index contributed by atoms with van der Waals surface area (Å²) in [6, 6.07) is 10.8. The van der Waals surface area contributed by atoms with Crippen LogP contribution in [0.25, 0.3) is 11.3 Å². The summed E-state index contributed by atoms with van der Waals surface area (Å²) >= 11 is 0. The van der Waals surface area contributed by atoms with Gasteiger partial charge in [-0.15, -0.1) is 0 Å². The molecule has 0 aliphatic carbocycles. The third-order valence-electron chi connectivity index (χ3n) is 5.34. The fraction of sp³-hybridized carbons (Fsp3) is 0.273. The fourth-order valence-corrected chi connectivity index (χ4v) is 4.01. The second kappa shape index (κ2) is 7.25. The van der Waals surface area contributed by atoms with E-state index in [1.165, 1.54) is 0 Å². The number of nitrogens with one attached hydrogen (secondary N) is 1. The summed E-state index contributed by atoms with van der Waals surface area (Å²) in [7, 11) is 1.60. The molecular formula is C22H23N3O4. The molecule has 0 bridgehead atoms. The number of hydrogen-bond donors (Lipinski definition) is 3. The highest BCUT2D eigenvalue weighted by molar-refractivity contribution is 6.00. The average molecular weight is 393 g/mol. The van der Waals surface area contributed by atoms with Crippen LogP contribution in [0, 0.1) is 13.8 Å². The number of fused-ring (bicyclic) bond motifs is 1. The van der Waals surface area contributed by atoms with Crippen molar-refractivity contribution in [1.29, 1.82) is 0 Å². The molecule has 0 radical (unpaired) electrons. The van der Waals surface area contributed by atoms with E-state index < -0.39 is 6.04 Å². The van der Waals surface area contributed by atoms with Crippen molar-refractivity contribution in [3.05, 3.63) is 64.3 Å². The number of hydrogen-bond acceptors (Lipinski definition) is 5. The third-order valence-corrected chi connectivity index (χ3v) is 5.34. The van der Waals surface area contributed by atoms with Crippen LogP contribution in [0.3, 0.4) is 0 Å². The molecular weight excluding hydrogens is 370 g/mol. The molecule has 0 saturated heterocycles. The molecule has 1 amide bonds. The molecule has 3 N–H and O–H groups in total. The Morgan fingerprint density at radius 1 is 1.21 bits per heavy atom. The number of nitrogens with zero attached hydrogens (tertiary/aromatic N) is 2. The van der Waals surface area contributed by atoms with Gasteiger partial charge in [0, 0.05) is 17.7 Å². The molecule has 7 nitrogen and oxygen atoms in total. The first kappa shape index (κ1) is 19.0. The van der Waals surface area contributed by atoms with Gasteiger partial charge >= 0.3 is 0 Å². The summed E-state index contributed by atoms with van der Waals surface area (Å²) in [5.74, 6) is 0.635. The number of aryl methyl sites for hydroxylation is 2. The van der Waals surface area contributed by atoms with Crippen molar-refractivity contribution in [3.8, 4) is 22.8 Å². The number of rotatable bonds is 5. The maximum absolute atomic E-state index is 13.0. The molecule has 2 heterocycles. The van der Waals surface area contributed by atoms with Gasteiger partial charge in [-0.05, 0) is 48.7 Å². The topological polar surface area (TPSA) is 98.7 Å². The van der Waals surface area contributed by atoms with Crippen LogP contribution in [-0.4, -0.2) is 51.5 Å². The van der Waals surface area contributed by atoms with Crippen molar-refractivity contribution in [2.24, 2.45) is 0 Å². The normalized spacial score (nSPS) is 15.7. The van der Waals surface area contributed by atoms with Gasteiger partial charge in [-0.2, -0.15) is 5.10 Å². The Hall–Kier alpha value is -3.32. The number of aromatic amines is 1. The quantitative estimate of drug-likeness (QED) is 0.619. The number of carbonyl (C=O) groups is 1. The lowest BCUT2D eigenvalue weighted by atomic mass is 9.94. The molecule has 0 fully saturated rings. The van der Waals surface area contributed by atoms with Crippen molar-refractivity contribution in [2.45, 2.75) is 19.9 Å². The first-order valence-electron chi connectivity index (χ1n) is 9.40. The lowest BCUT2D eigenvalue weighted by Gasteiger charge is -2.26. The molecule has 150 valence electrons. The zero-order valence-corrected chi connectivity index (χ0v) is 16.6. The second-order valence-electron chi connectivity index (χ2n) is 7.24. The molecule has 29 heavy (non-hydrogen) atoms. The van der Waals surface area contributed by atoms with Crippen LogP contribution >= 0.6 is 0 Å². The summed E-state index contributed by atoms with van der Waals surface area (Å²) in [4.78, 5) is 14.6. The van der Waals surface area contributed by atoms with Crippen molar-refractivity contribution in [3.63, 3.8) is 0 Å². The Labute approximate surface area is 168 Å². The Morgan fingerprint density at radius 2 is 1.93 bits per heavy atom. The minimum atomic E-state index is -0.426. The van der Waals surface area contributed by atoms with E-state index in [2.05, 4.69) is 10.2 Å². The first-order chi connectivity index (χ1) is 14.0. The summed E-state index contributed by atoms with van der Waals surface area (Å²) in [5.41, 5.74) is 4.81. The van der Waals surface area contributed by atoms with Gasteiger partial charge in [0.1, 0.15) is 22.9 Å². The minimum absolute atomic E-state index is 0.145. The molecule has 0 spiro atoms. The number of phenolic OH excluding ortho intramolecular Hbond substituents is 1. The van der Waals surface area contributed by atoms with Crippen LogP contribution in [0.4, 0.5) is 0 Å². The van der Waals surface area contributed by atoms with Crippen molar-refractivity contribution in [1.82, 2.24) is 15.1 Å². The molecule has 1 aliphatic rings. The van der Waals surface area contributed by atoms with Crippen LogP contribution in [-0.2, 0) is 0 Å². The van der Waals surface area contributed by atoms with E-state index >= 15 is 0 Å². The van der Waals surface area contributed by atoms with Gasteiger partial charge in [0.2, 0.25) is 0 Å². The van der Waals surface area contributed by atoms with Crippen molar-refractivity contribution >= 4 is 5.91 Å². The Kier molecular flexibility index (Phi) is 4.76. The summed E-state index contributed by atoms with van der Waals surface area (Å²) in [5, 5.41) is 27.4. The maximum atomic E-state index is 13.0. The van der Waals surface area contributed by atoms with E-state index in [9.17, 15) is 15.0 Å². The zero-order chi connectivity index (χ0) is 20.7. The largest absolute Gasteiger partial charge is 0.507 e. The van der Waals surface area contributed by atoms with Gasteiger partial charge in [0.25, 0.3) is 5.91 Å². The number of aliphatic hydroxyl groups is 1. The smallest absolute Gasteiger partial charge is 0.273 e. The van der Waals surface area contributed by atoms with Crippen molar-refractivity contribution in [2.75, 3.05) is 20.3 Å². The molecule has 2 aromatic carbocycles. The number of phenols is 1. The molecule has 7 heteroatoms. The van der Waals surface area contributed by atoms with Crippen LogP contribution in [0.2, 0.25) is 0 Å². The number of aromatic hydroxyl groups is 1. The van der Waals surface area contributed by atoms with Crippen LogP contribution in [0.5, 0.6) is 11.5 Å². The number of β-amino-alcohol motifs (C(OH)–C–C–N with tert-alkyl or cyclic N) is 1. The van der Waals surface area contributed by atoms with Gasteiger partial charge in [0.05, 0.1) is 19.8 Å². The molecule has 3 aromatic rings. The number of H-pyrrole nitrogens is 1. The maximum Gasteiger partial charge on any atom is 0.273 e. The zero-order valence-electron chi connectivity index (χ0n) is 16.6. The van der Waals surface area contributed by atoms with E-state index in [1.54, 1.807) is 12.0 Å². The van der Waals surface area contributed by atoms with E-state index in [1.807, 2.05) is 50.2 Å². The van der Waals surface area contributed by atoms with Gasteiger partial charge in [-0.1, -0.05) is 18.2 Å². The predicted molar refractivity (Wildman–Crippen MR) is 108 cm³/mol. The first-order valence-corrected chi connectivity index (χ1v) is 9.40. The summed E-state index contributed by atoms with van der Waals surface area (Å²) < 4.78 is 5.24. The molecule has 1 aromatic heterocycles. The number of carbonyl (C=O) groups excluding carboxylic acids is 1. The molecule has 1 atom stereocenters. The molecule has 0 saturated carbocycles. The van der Waals surface area contributed by atoms with E-state index in [4.69, 9.17) is 4.74 Å². The third kappa shape index (κ3) is 3.03. The highest BCUT2D eigenvalue weighted by Crippen LogP contribution is 2.45. The Bertz CT molecular complexity index is 1070. The van der Waals surface area contributed by atoms with Gasteiger partial charge in [0.15, 0.2) is 0 Å². The van der Waals surface area contributed by atoms with E-state index in [0.717, 1.165) is 16.7 Å². The Balaban J connectivity index is 1.91. The second-order valence-corrected chi connectivity index (χ2v) is 7.24. The highest BCUT2D eigenvalue weighted by atomic mass is 16.5. The predicted octanol–water partition coefficient (Wildman–Crippen LogP) is 2.95. The van der Waals surface area contributed by atoms with E-state index in [-0.39, 0.29) is 24.8 Å². The molecule has 0 unspecified atom stereocenters. The molecule has 4 rings (SSSR count). The number of methoxy groups -OCH3 is 1. The minimum Gasteiger partial charge on any atom is -0.507 e.